The highest BCUT2D eigenvalue weighted by atomic mass is 16.3. The van der Waals surface area contributed by atoms with Crippen LogP contribution in [-0.4, -0.2) is 9.55 Å². The van der Waals surface area contributed by atoms with Crippen molar-refractivity contribution >= 4 is 38.8 Å². The van der Waals surface area contributed by atoms with Crippen molar-refractivity contribution in [2.24, 2.45) is 0 Å². The molecule has 3 aromatic heterocycles. The summed E-state index contributed by atoms with van der Waals surface area (Å²) in [4.78, 5) is 3.70. The summed E-state index contributed by atoms with van der Waals surface area (Å²) >= 11 is 0. The van der Waals surface area contributed by atoms with Crippen LogP contribution in [0.5, 0.6) is 0 Å². The molecule has 0 saturated carbocycles. The number of aryl methyl sites for hydroxylation is 3. The smallest absolute Gasteiger partial charge is 0.114 e. The van der Waals surface area contributed by atoms with E-state index in [1.54, 1.807) is 0 Å². The number of allylic oxidation sites excluding steroid dienone is 1. The van der Waals surface area contributed by atoms with E-state index >= 15 is 0 Å². The molecule has 33 heavy (non-hydrogen) atoms. The van der Waals surface area contributed by atoms with Gasteiger partial charge in [-0.05, 0) is 48.7 Å². The van der Waals surface area contributed by atoms with Gasteiger partial charge in [-0.3, -0.25) is 0 Å². The van der Waals surface area contributed by atoms with E-state index < -0.39 is 0 Å². The number of rotatable bonds is 1. The van der Waals surface area contributed by atoms with Crippen molar-refractivity contribution in [2.75, 3.05) is 0 Å². The van der Waals surface area contributed by atoms with Crippen molar-refractivity contribution in [3.8, 4) is 16.9 Å². The van der Waals surface area contributed by atoms with Crippen LogP contribution in [0.2, 0.25) is 0 Å². The van der Waals surface area contributed by atoms with E-state index in [-0.39, 0.29) is 0 Å². The maximum Gasteiger partial charge on any atom is 0.114 e. The molecule has 3 aromatic carbocycles. The van der Waals surface area contributed by atoms with E-state index in [9.17, 15) is 0 Å². The molecule has 0 fully saturated rings. The Kier molecular flexibility index (Phi) is 3.20. The standard InChI is InChI=1S/C30H18N2O/c1-2-8-18(9-3-1)32-24-16-14-20-19-10-4-6-12-23(19)31-29(20)27(24)22-15-17-26-28(30(22)32)21-11-5-7-13-25(21)33-26/h1-2,5,8,10-12,14,16,31H,7,13,15,17H2. The normalized spacial score (nSPS) is 14.2. The van der Waals surface area contributed by atoms with Crippen molar-refractivity contribution in [3.63, 3.8) is 0 Å². The van der Waals surface area contributed by atoms with Crippen LogP contribution in [0.15, 0.2) is 53.0 Å². The van der Waals surface area contributed by atoms with E-state index in [1.807, 2.05) is 24.3 Å². The third kappa shape index (κ3) is 2.17. The minimum Gasteiger partial charge on any atom is -0.465 e. The first kappa shape index (κ1) is 17.2. The highest BCUT2D eigenvalue weighted by molar-refractivity contribution is 6.19. The van der Waals surface area contributed by atoms with Crippen molar-refractivity contribution in [1.29, 1.82) is 0 Å². The number of benzene rings is 1. The zero-order chi connectivity index (χ0) is 21.5. The molecular weight excluding hydrogens is 404 g/mol. The fourth-order valence-electron chi connectivity index (χ4n) is 5.88. The second kappa shape index (κ2) is 6.12. The van der Waals surface area contributed by atoms with Gasteiger partial charge in [0.05, 0.1) is 27.9 Å². The number of H-pyrrole nitrogens is 1. The third-order valence-electron chi connectivity index (χ3n) is 7.22. The van der Waals surface area contributed by atoms with Crippen LogP contribution in [0.3, 0.4) is 0 Å². The molecule has 1 N–H and O–H groups in total. The van der Waals surface area contributed by atoms with Gasteiger partial charge in [0, 0.05) is 46.2 Å². The molecule has 0 saturated heterocycles. The van der Waals surface area contributed by atoms with Crippen LogP contribution in [0.25, 0.3) is 55.7 Å². The number of hydrogen-bond acceptors (Lipinski definition) is 1. The van der Waals surface area contributed by atoms with Gasteiger partial charge >= 0.3 is 0 Å². The zero-order valence-electron chi connectivity index (χ0n) is 17.9. The van der Waals surface area contributed by atoms with E-state index in [1.165, 1.54) is 49.6 Å². The van der Waals surface area contributed by atoms with Crippen molar-refractivity contribution < 1.29 is 4.42 Å². The van der Waals surface area contributed by atoms with E-state index in [0.29, 0.717) is 0 Å². The van der Waals surface area contributed by atoms with Crippen molar-refractivity contribution in [3.05, 3.63) is 95.5 Å². The van der Waals surface area contributed by atoms with Gasteiger partial charge in [0.2, 0.25) is 0 Å². The van der Waals surface area contributed by atoms with Crippen LogP contribution < -0.4 is 0 Å². The van der Waals surface area contributed by atoms with Gasteiger partial charge < -0.3 is 14.0 Å². The van der Waals surface area contributed by atoms with Crippen LogP contribution >= 0.6 is 0 Å². The Balaban J connectivity index is 1.58. The SMILES string of the molecule is c1cccc(-n2c3c(c4c5[nH]c6cc#ccc6c5ccc42)CCc2oc4c(c2-3)C=CCC4)c#1. The Labute approximate surface area is 191 Å². The third-order valence-corrected chi connectivity index (χ3v) is 7.22. The van der Waals surface area contributed by atoms with Gasteiger partial charge in [-0.15, -0.1) is 0 Å². The van der Waals surface area contributed by atoms with Gasteiger partial charge in [-0.2, -0.15) is 0 Å². The van der Waals surface area contributed by atoms with Gasteiger partial charge in [0.15, 0.2) is 0 Å². The summed E-state index contributed by atoms with van der Waals surface area (Å²) in [6.07, 6.45) is 8.41. The Hall–Kier alpha value is -4.34. The van der Waals surface area contributed by atoms with Crippen LogP contribution in [0.1, 0.15) is 29.1 Å². The molecule has 6 aromatic rings. The summed E-state index contributed by atoms with van der Waals surface area (Å²) in [6, 6.07) is 27.3. The molecule has 0 unspecified atom stereocenters. The Bertz CT molecular complexity index is 1760. The lowest BCUT2D eigenvalue weighted by atomic mass is 9.89. The number of nitrogens with zero attached hydrogens (tertiary/aromatic N) is 1. The lowest BCUT2D eigenvalue weighted by Gasteiger charge is -2.16. The van der Waals surface area contributed by atoms with E-state index in [0.717, 1.165) is 48.4 Å². The molecule has 0 bridgehead atoms. The fourth-order valence-corrected chi connectivity index (χ4v) is 5.88. The summed E-state index contributed by atoms with van der Waals surface area (Å²) in [5.74, 6) is 2.23. The van der Waals surface area contributed by atoms with Gasteiger partial charge in [0.1, 0.15) is 11.5 Å². The van der Waals surface area contributed by atoms with Gasteiger partial charge in [-0.1, -0.05) is 42.5 Å². The predicted molar refractivity (Wildman–Crippen MR) is 130 cm³/mol. The quantitative estimate of drug-likeness (QED) is 0.311. The number of furan rings is 1. The summed E-state index contributed by atoms with van der Waals surface area (Å²) in [7, 11) is 0. The van der Waals surface area contributed by atoms with Gasteiger partial charge in [-0.25, -0.2) is 0 Å². The summed E-state index contributed by atoms with van der Waals surface area (Å²) in [6.45, 7) is 0. The first-order valence-electron chi connectivity index (χ1n) is 11.5. The predicted octanol–water partition coefficient (Wildman–Crippen LogP) is 6.78. The van der Waals surface area contributed by atoms with Crippen LogP contribution in [0.4, 0.5) is 0 Å². The topological polar surface area (TPSA) is 33.9 Å². The molecule has 0 spiro atoms. The maximum atomic E-state index is 6.41. The number of aromatic nitrogens is 2. The minimum atomic E-state index is 0.922. The number of hydrogen-bond donors (Lipinski definition) is 1. The highest BCUT2D eigenvalue weighted by Gasteiger charge is 2.32. The first-order valence-corrected chi connectivity index (χ1v) is 11.5. The Morgan fingerprint density at radius 2 is 1.91 bits per heavy atom. The van der Waals surface area contributed by atoms with Crippen LogP contribution in [0, 0.1) is 24.3 Å². The molecule has 0 aliphatic heterocycles. The van der Waals surface area contributed by atoms with Crippen molar-refractivity contribution in [1.82, 2.24) is 9.55 Å². The molecule has 8 rings (SSSR count). The Morgan fingerprint density at radius 1 is 0.939 bits per heavy atom. The van der Waals surface area contributed by atoms with E-state index in [2.05, 4.69) is 64.2 Å². The van der Waals surface area contributed by atoms with Crippen molar-refractivity contribution in [2.45, 2.75) is 25.7 Å². The summed E-state index contributed by atoms with van der Waals surface area (Å²) in [5.41, 5.74) is 9.58. The molecule has 2 aliphatic carbocycles. The highest BCUT2D eigenvalue weighted by Crippen LogP contribution is 2.48. The largest absolute Gasteiger partial charge is 0.465 e. The lowest BCUT2D eigenvalue weighted by Crippen LogP contribution is -2.05. The molecule has 2 aliphatic rings. The molecule has 0 amide bonds. The molecule has 154 valence electrons. The minimum absolute atomic E-state index is 0.922. The molecule has 3 nitrogen and oxygen atoms in total. The molecule has 0 atom stereocenters. The zero-order valence-corrected chi connectivity index (χ0v) is 17.9. The summed E-state index contributed by atoms with van der Waals surface area (Å²) < 4.78 is 8.77. The molecule has 3 heteroatoms. The molecular formula is C30H18N2O. The number of aromatic amines is 1. The second-order valence-corrected chi connectivity index (χ2v) is 8.93. The average molecular weight is 422 g/mol. The van der Waals surface area contributed by atoms with Gasteiger partial charge in [0.25, 0.3) is 0 Å². The number of nitrogens with one attached hydrogen (secondary N) is 1. The molecule has 3 heterocycles. The number of fused-ring (bicyclic) bond motifs is 11. The fraction of sp³-hybridized carbons (Fsp3) is 0.133. The average Bonchev–Trinajstić information content (AvgIpc) is 3.53. The van der Waals surface area contributed by atoms with E-state index in [4.69, 9.17) is 4.42 Å². The monoisotopic (exact) mass is 422 g/mol. The molecule has 0 radical (unpaired) electrons. The summed E-state index contributed by atoms with van der Waals surface area (Å²) in [5, 5.41) is 3.70. The lowest BCUT2D eigenvalue weighted by molar-refractivity contribution is 0.462. The first-order chi connectivity index (χ1) is 16.4. The second-order valence-electron chi connectivity index (χ2n) is 8.93. The Morgan fingerprint density at radius 3 is 2.85 bits per heavy atom. The van der Waals surface area contributed by atoms with Crippen LogP contribution in [-0.2, 0) is 19.3 Å². The maximum absolute atomic E-state index is 6.41.